The molecule has 0 aliphatic carbocycles. The molecule has 0 aromatic heterocycles. The first-order valence-electron chi connectivity index (χ1n) is 2.60. The summed E-state index contributed by atoms with van der Waals surface area (Å²) in [6, 6.07) is 0. The van der Waals surface area contributed by atoms with Crippen molar-refractivity contribution in [1.29, 1.82) is 0 Å². The van der Waals surface area contributed by atoms with Gasteiger partial charge in [-0.1, -0.05) is 0 Å². The highest BCUT2D eigenvalue weighted by Gasteiger charge is 1.70. The van der Waals surface area contributed by atoms with Crippen molar-refractivity contribution in [3.8, 4) is 11.8 Å². The van der Waals surface area contributed by atoms with Crippen LogP contribution in [0.25, 0.3) is 0 Å². The molecule has 0 radical (unpaired) electrons. The van der Waals surface area contributed by atoms with Crippen LogP contribution >= 0.6 is 37.2 Å². The van der Waals surface area contributed by atoms with E-state index in [1.807, 2.05) is 14.0 Å². The van der Waals surface area contributed by atoms with Crippen LogP contribution in [0.2, 0.25) is 0 Å². The number of halogens is 2. The maximum absolute atomic E-state index is 3.00. The lowest BCUT2D eigenvalue weighted by Gasteiger charge is -1.85. The molecule has 1 nitrogen and oxygen atoms in total. The van der Waals surface area contributed by atoms with Gasteiger partial charge in [0, 0.05) is 50.2 Å². The first kappa shape index (κ1) is 12.6. The van der Waals surface area contributed by atoms with Crippen molar-refractivity contribution in [3.05, 3.63) is 0 Å². The van der Waals surface area contributed by atoms with Crippen LogP contribution in [-0.2, 0) is 0 Å². The molecule has 9 heavy (non-hydrogen) atoms. The Morgan fingerprint density at radius 1 is 1.44 bits per heavy atom. The molecule has 0 atom stereocenters. The number of hydrogen-bond acceptors (Lipinski definition) is 1. The highest BCUT2D eigenvalue weighted by atomic mass is 128. The third-order valence-electron chi connectivity index (χ3n) is 0.677. The number of rotatable bonds is 2. The van der Waals surface area contributed by atoms with E-state index < -0.39 is 0 Å². The van der Waals surface area contributed by atoms with E-state index in [1.54, 1.807) is 0 Å². The van der Waals surface area contributed by atoms with Crippen molar-refractivity contribution < 1.29 is 0 Å². The number of hydrogen-bond donors (Lipinski definition) is 1. The second kappa shape index (κ2) is 16.0. The molecule has 0 bridgehead atoms. The Morgan fingerprint density at radius 2 is 2.00 bits per heavy atom. The lowest BCUT2D eigenvalue weighted by atomic mass is 10.4. The molecule has 0 rings (SSSR count). The van der Waals surface area contributed by atoms with E-state index >= 15 is 0 Å². The van der Waals surface area contributed by atoms with Crippen molar-refractivity contribution in [3.63, 3.8) is 0 Å². The Morgan fingerprint density at radius 3 is 2.33 bits per heavy atom. The van der Waals surface area contributed by atoms with E-state index in [-0.39, 0.29) is 0 Å². The predicted octanol–water partition coefficient (Wildman–Crippen LogP) is 2.39. The van der Waals surface area contributed by atoms with Gasteiger partial charge in [-0.2, -0.15) is 0 Å². The Bertz CT molecular complexity index is 82.8. The summed E-state index contributed by atoms with van der Waals surface area (Å²) in [6.07, 6.45) is 0.965. The lowest BCUT2D eigenvalue weighted by molar-refractivity contribution is 0.818. The Balaban J connectivity index is 0. The normalized spacial score (nSPS) is 6.22. The fraction of sp³-hybridized carbons (Fsp3) is 0.667. The summed E-state index contributed by atoms with van der Waals surface area (Å²) >= 11 is 4.24. The molecule has 1 N–H and O–H groups in total. The van der Waals surface area contributed by atoms with Crippen molar-refractivity contribution in [2.24, 2.45) is 0 Å². The van der Waals surface area contributed by atoms with Crippen molar-refractivity contribution >= 4 is 37.2 Å². The van der Waals surface area contributed by atoms with Gasteiger partial charge in [-0.25, -0.2) is 0 Å². The van der Waals surface area contributed by atoms with E-state index in [2.05, 4.69) is 54.4 Å². The molecule has 3 heteroatoms. The third kappa shape index (κ3) is 17.6. The van der Waals surface area contributed by atoms with Gasteiger partial charge in [-0.15, -0.1) is 11.8 Å². The third-order valence-corrected chi connectivity index (χ3v) is 0.677. The molecule has 0 amide bonds. The Kier molecular flexibility index (Phi) is 22.5. The quantitative estimate of drug-likeness (QED) is 0.458. The van der Waals surface area contributed by atoms with E-state index in [4.69, 9.17) is 0 Å². The van der Waals surface area contributed by atoms with Crippen LogP contribution in [0.1, 0.15) is 13.3 Å². The first-order chi connectivity index (χ1) is 4.41. The molecular formula is C6H11I2N. The lowest BCUT2D eigenvalue weighted by Crippen LogP contribution is -2.05. The van der Waals surface area contributed by atoms with Crippen LogP contribution in [0, 0.1) is 11.8 Å². The topological polar surface area (TPSA) is 12.0 Å². The van der Waals surface area contributed by atoms with E-state index in [0.29, 0.717) is 0 Å². The molecule has 0 aliphatic heterocycles. The maximum atomic E-state index is 3.00. The molecule has 0 saturated heterocycles. The minimum Gasteiger partial charge on any atom is -0.319 e. The Hall–Kier alpha value is 0.980. The second-order valence-corrected chi connectivity index (χ2v) is 1.28. The summed E-state index contributed by atoms with van der Waals surface area (Å²) in [4.78, 5) is 0. The average Bonchev–Trinajstić information content (AvgIpc) is 1.94. The van der Waals surface area contributed by atoms with Crippen LogP contribution in [0.3, 0.4) is 0 Å². The summed E-state index contributed by atoms with van der Waals surface area (Å²) in [5, 5.41) is 3.00. The summed E-state index contributed by atoms with van der Waals surface area (Å²) in [5.41, 5.74) is 0. The van der Waals surface area contributed by atoms with Crippen LogP contribution < -0.4 is 5.32 Å². The van der Waals surface area contributed by atoms with Gasteiger partial charge in [-0.3, -0.25) is 0 Å². The highest BCUT2D eigenvalue weighted by Crippen LogP contribution is 1.89. The van der Waals surface area contributed by atoms with Crippen molar-refractivity contribution in [1.82, 2.24) is 5.32 Å². The van der Waals surface area contributed by atoms with Crippen LogP contribution in [0.4, 0.5) is 0 Å². The summed E-state index contributed by atoms with van der Waals surface area (Å²) in [5.74, 6) is 5.75. The zero-order valence-corrected chi connectivity index (χ0v) is 9.99. The largest absolute Gasteiger partial charge is 0.319 e. The molecular weight excluding hydrogens is 340 g/mol. The van der Waals surface area contributed by atoms with Crippen LogP contribution in [0.15, 0.2) is 0 Å². The van der Waals surface area contributed by atoms with Crippen LogP contribution in [-0.4, -0.2) is 13.6 Å². The molecule has 0 fully saturated rings. The van der Waals surface area contributed by atoms with Crippen LogP contribution in [0.5, 0.6) is 0 Å². The van der Waals surface area contributed by atoms with Gasteiger partial charge in [0.05, 0.1) is 0 Å². The van der Waals surface area contributed by atoms with Crippen molar-refractivity contribution in [2.75, 3.05) is 13.6 Å². The van der Waals surface area contributed by atoms with Gasteiger partial charge in [0.25, 0.3) is 0 Å². The molecule has 0 aromatic carbocycles. The maximum Gasteiger partial charge on any atom is 0.0214 e. The van der Waals surface area contributed by atoms with Gasteiger partial charge in [0.2, 0.25) is 0 Å². The highest BCUT2D eigenvalue weighted by molar-refractivity contribution is 15.0. The van der Waals surface area contributed by atoms with Gasteiger partial charge >= 0.3 is 0 Å². The second-order valence-electron chi connectivity index (χ2n) is 1.28. The minimum absolute atomic E-state index is 0.965. The Labute approximate surface area is 80.7 Å². The molecule has 0 saturated carbocycles. The monoisotopic (exact) mass is 351 g/mol. The molecule has 54 valence electrons. The molecule has 0 unspecified atom stereocenters. The van der Waals surface area contributed by atoms with E-state index in [1.165, 1.54) is 0 Å². The molecule has 0 spiro atoms. The fourth-order valence-corrected chi connectivity index (χ4v) is 0.312. The van der Waals surface area contributed by atoms with Gasteiger partial charge in [0.15, 0.2) is 0 Å². The zero-order valence-electron chi connectivity index (χ0n) is 5.67. The van der Waals surface area contributed by atoms with E-state index in [9.17, 15) is 0 Å². The van der Waals surface area contributed by atoms with Crippen molar-refractivity contribution in [2.45, 2.75) is 13.3 Å². The smallest absolute Gasteiger partial charge is 0.0214 e. The number of nitrogens with one attached hydrogen (secondary N) is 1. The van der Waals surface area contributed by atoms with Gasteiger partial charge < -0.3 is 5.32 Å². The molecule has 0 aliphatic rings. The average molecular weight is 351 g/mol. The van der Waals surface area contributed by atoms with Gasteiger partial charge in [-0.05, 0) is 14.0 Å². The summed E-state index contributed by atoms with van der Waals surface area (Å²) < 4.78 is 0. The summed E-state index contributed by atoms with van der Waals surface area (Å²) in [6.45, 7) is 2.86. The SMILES string of the molecule is CC#CCCNC.II. The molecule has 0 aromatic rings. The zero-order chi connectivity index (χ0) is 7.54. The fourth-order valence-electron chi connectivity index (χ4n) is 0.312. The standard InChI is InChI=1S/C6H11N.I2/c1-3-4-5-6-7-2;1-2/h7H,5-6H2,1-2H3;. The first-order valence-corrected chi connectivity index (χ1v) is 8.89. The van der Waals surface area contributed by atoms with Gasteiger partial charge in [0.1, 0.15) is 0 Å². The van der Waals surface area contributed by atoms with E-state index in [0.717, 1.165) is 13.0 Å². The minimum atomic E-state index is 0.965. The predicted molar refractivity (Wildman–Crippen MR) is 60.0 cm³/mol. The summed E-state index contributed by atoms with van der Waals surface area (Å²) in [7, 11) is 1.93. The molecule has 0 heterocycles.